The monoisotopic (exact) mass is 284 g/mol. The van der Waals surface area contributed by atoms with Gasteiger partial charge in [-0.05, 0) is 41.0 Å². The van der Waals surface area contributed by atoms with Crippen LogP contribution in [0.4, 0.5) is 0 Å². The van der Waals surface area contributed by atoms with Crippen molar-refractivity contribution in [2.45, 2.75) is 0 Å². The van der Waals surface area contributed by atoms with E-state index in [1.807, 2.05) is 24.3 Å². The maximum absolute atomic E-state index is 11.1. The van der Waals surface area contributed by atoms with Crippen LogP contribution in [-0.4, -0.2) is 25.3 Å². The molecule has 0 aliphatic carbocycles. The Bertz CT molecular complexity index is 590. The van der Waals surface area contributed by atoms with Crippen LogP contribution < -0.4 is 9.47 Å². The number of hydrogen-bond donors (Lipinski definition) is 1. The molecule has 0 aliphatic rings. The van der Waals surface area contributed by atoms with E-state index in [2.05, 4.69) is 0 Å². The Kier molecular flexibility index (Phi) is 4.61. The summed E-state index contributed by atoms with van der Waals surface area (Å²) in [5.74, 6) is 0.461. The number of carbonyl (C=O) groups is 1. The van der Waals surface area contributed by atoms with Gasteiger partial charge in [-0.2, -0.15) is 0 Å². The summed E-state index contributed by atoms with van der Waals surface area (Å²) in [6.45, 7) is 0. The molecule has 0 bridgehead atoms. The van der Waals surface area contributed by atoms with Crippen molar-refractivity contribution in [3.8, 4) is 11.5 Å². The lowest BCUT2D eigenvalue weighted by molar-refractivity contribution is -0.131. The van der Waals surface area contributed by atoms with Crippen LogP contribution in [0.1, 0.15) is 11.1 Å². The maximum Gasteiger partial charge on any atom is 0.328 e. The van der Waals surface area contributed by atoms with Gasteiger partial charge >= 0.3 is 5.97 Å². The van der Waals surface area contributed by atoms with E-state index in [1.165, 1.54) is 6.08 Å². The molecule has 4 nitrogen and oxygen atoms in total. The molecule has 0 atom stereocenters. The molecule has 1 N–H and O–H groups in total. The lowest BCUT2D eigenvalue weighted by Gasteiger charge is -2.09. The number of rotatable bonds is 5. The lowest BCUT2D eigenvalue weighted by Crippen LogP contribution is -1.95. The molecule has 21 heavy (non-hydrogen) atoms. The van der Waals surface area contributed by atoms with Gasteiger partial charge in [-0.1, -0.05) is 24.3 Å². The average molecular weight is 284 g/mol. The molecule has 0 aliphatic heterocycles. The minimum Gasteiger partial charge on any atom is -0.497 e. The number of hydrogen-bond acceptors (Lipinski definition) is 3. The summed E-state index contributed by atoms with van der Waals surface area (Å²) in [4.78, 5) is 11.1. The molecule has 0 fully saturated rings. The van der Waals surface area contributed by atoms with Crippen molar-refractivity contribution < 1.29 is 19.4 Å². The van der Waals surface area contributed by atoms with Gasteiger partial charge in [0, 0.05) is 6.08 Å². The SMILES string of the molecule is COc1ccc(C(=CC(=O)O)c2ccc(OC)cc2)cc1. The second kappa shape index (κ2) is 6.61. The zero-order valence-electron chi connectivity index (χ0n) is 11.9. The van der Waals surface area contributed by atoms with E-state index >= 15 is 0 Å². The van der Waals surface area contributed by atoms with Gasteiger partial charge < -0.3 is 14.6 Å². The Morgan fingerprint density at radius 3 is 1.52 bits per heavy atom. The molecule has 108 valence electrons. The quantitative estimate of drug-likeness (QED) is 0.856. The molecule has 0 saturated heterocycles. The first-order valence-corrected chi connectivity index (χ1v) is 6.37. The van der Waals surface area contributed by atoms with Crippen molar-refractivity contribution in [2.75, 3.05) is 14.2 Å². The molecule has 2 aromatic rings. The van der Waals surface area contributed by atoms with Gasteiger partial charge in [-0.25, -0.2) is 4.79 Å². The first kappa shape index (κ1) is 14.7. The average Bonchev–Trinajstić information content (AvgIpc) is 2.53. The summed E-state index contributed by atoms with van der Waals surface area (Å²) >= 11 is 0. The van der Waals surface area contributed by atoms with Gasteiger partial charge in [-0.15, -0.1) is 0 Å². The zero-order valence-corrected chi connectivity index (χ0v) is 11.9. The van der Waals surface area contributed by atoms with Gasteiger partial charge in [0.1, 0.15) is 11.5 Å². The first-order chi connectivity index (χ1) is 10.1. The highest BCUT2D eigenvalue weighted by atomic mass is 16.5. The van der Waals surface area contributed by atoms with Crippen LogP contribution in [-0.2, 0) is 4.79 Å². The van der Waals surface area contributed by atoms with Crippen LogP contribution in [0.25, 0.3) is 5.57 Å². The molecule has 0 aromatic heterocycles. The molecular weight excluding hydrogens is 268 g/mol. The second-order valence-electron chi connectivity index (χ2n) is 4.35. The summed E-state index contributed by atoms with van der Waals surface area (Å²) in [5.41, 5.74) is 2.25. The molecule has 0 heterocycles. The van der Waals surface area contributed by atoms with Gasteiger partial charge in [0.2, 0.25) is 0 Å². The number of carboxylic acid groups (broad SMARTS) is 1. The van der Waals surface area contributed by atoms with Gasteiger partial charge in [0.05, 0.1) is 14.2 Å². The Balaban J connectivity index is 2.44. The molecule has 0 amide bonds. The molecule has 4 heteroatoms. The molecule has 0 saturated carbocycles. The van der Waals surface area contributed by atoms with Crippen molar-refractivity contribution in [1.82, 2.24) is 0 Å². The topological polar surface area (TPSA) is 55.8 Å². The van der Waals surface area contributed by atoms with Crippen molar-refractivity contribution in [1.29, 1.82) is 0 Å². The van der Waals surface area contributed by atoms with Crippen LogP contribution in [0.5, 0.6) is 11.5 Å². The summed E-state index contributed by atoms with van der Waals surface area (Å²) in [5, 5.41) is 9.08. The third-order valence-corrected chi connectivity index (χ3v) is 3.07. The van der Waals surface area contributed by atoms with E-state index in [-0.39, 0.29) is 0 Å². The summed E-state index contributed by atoms with van der Waals surface area (Å²) in [6, 6.07) is 14.5. The van der Waals surface area contributed by atoms with E-state index in [9.17, 15) is 4.79 Å². The van der Waals surface area contributed by atoms with Crippen molar-refractivity contribution in [2.24, 2.45) is 0 Å². The maximum atomic E-state index is 11.1. The molecule has 0 unspecified atom stereocenters. The van der Waals surface area contributed by atoms with Crippen LogP contribution in [0, 0.1) is 0 Å². The van der Waals surface area contributed by atoms with Gasteiger partial charge in [0.15, 0.2) is 0 Å². The highest BCUT2D eigenvalue weighted by molar-refractivity contribution is 5.95. The van der Waals surface area contributed by atoms with E-state index < -0.39 is 5.97 Å². The number of methoxy groups -OCH3 is 2. The third kappa shape index (κ3) is 3.63. The van der Waals surface area contributed by atoms with Crippen LogP contribution in [0.15, 0.2) is 54.6 Å². The third-order valence-electron chi connectivity index (χ3n) is 3.07. The Morgan fingerprint density at radius 2 is 1.24 bits per heavy atom. The fourth-order valence-electron chi connectivity index (χ4n) is 2.00. The Hall–Kier alpha value is -2.75. The van der Waals surface area contributed by atoms with Crippen molar-refractivity contribution in [3.05, 3.63) is 65.7 Å². The van der Waals surface area contributed by atoms with Crippen LogP contribution >= 0.6 is 0 Å². The van der Waals surface area contributed by atoms with E-state index in [4.69, 9.17) is 14.6 Å². The highest BCUT2D eigenvalue weighted by Crippen LogP contribution is 2.26. The largest absolute Gasteiger partial charge is 0.497 e. The standard InChI is InChI=1S/C17H16O4/c1-20-14-7-3-12(4-8-14)16(11-17(18)19)13-5-9-15(21-2)10-6-13/h3-11H,1-2H3,(H,18,19). The lowest BCUT2D eigenvalue weighted by atomic mass is 9.97. The summed E-state index contributed by atoms with van der Waals surface area (Å²) in [7, 11) is 3.18. The van der Waals surface area contributed by atoms with Crippen LogP contribution in [0.3, 0.4) is 0 Å². The fraction of sp³-hybridized carbons (Fsp3) is 0.118. The molecular formula is C17H16O4. The van der Waals surface area contributed by atoms with E-state index in [0.29, 0.717) is 5.57 Å². The normalized spacial score (nSPS) is 9.81. The fourth-order valence-corrected chi connectivity index (χ4v) is 2.00. The second-order valence-corrected chi connectivity index (χ2v) is 4.35. The smallest absolute Gasteiger partial charge is 0.328 e. The minimum absolute atomic E-state index is 0.632. The zero-order chi connectivity index (χ0) is 15.2. The number of aliphatic carboxylic acids is 1. The number of carboxylic acids is 1. The molecule has 0 spiro atoms. The van der Waals surface area contributed by atoms with Gasteiger partial charge in [0.25, 0.3) is 0 Å². The molecule has 0 radical (unpaired) electrons. The van der Waals surface area contributed by atoms with Crippen LogP contribution in [0.2, 0.25) is 0 Å². The minimum atomic E-state index is -0.989. The Morgan fingerprint density at radius 1 is 0.857 bits per heavy atom. The predicted octanol–water partition coefficient (Wildman–Crippen LogP) is 3.22. The van der Waals surface area contributed by atoms with E-state index in [1.54, 1.807) is 38.5 Å². The molecule has 2 rings (SSSR count). The Labute approximate surface area is 123 Å². The number of benzene rings is 2. The number of ether oxygens (including phenoxy) is 2. The summed E-state index contributed by atoms with van der Waals surface area (Å²) < 4.78 is 10.2. The predicted molar refractivity (Wildman–Crippen MR) is 80.7 cm³/mol. The molecule has 2 aromatic carbocycles. The first-order valence-electron chi connectivity index (χ1n) is 6.37. The van der Waals surface area contributed by atoms with E-state index in [0.717, 1.165) is 22.6 Å². The van der Waals surface area contributed by atoms with Crippen molar-refractivity contribution >= 4 is 11.5 Å². The van der Waals surface area contributed by atoms with Gasteiger partial charge in [-0.3, -0.25) is 0 Å². The van der Waals surface area contributed by atoms with Crippen molar-refractivity contribution in [3.63, 3.8) is 0 Å². The summed E-state index contributed by atoms with van der Waals surface area (Å²) in [6.07, 6.45) is 1.20. The highest BCUT2D eigenvalue weighted by Gasteiger charge is 2.08.